The molecule has 2 rings (SSSR count). The van der Waals surface area contributed by atoms with Crippen molar-refractivity contribution in [2.45, 2.75) is 38.5 Å². The van der Waals surface area contributed by atoms with E-state index in [-0.39, 0.29) is 25.2 Å². The Morgan fingerprint density at radius 1 is 1.48 bits per heavy atom. The second kappa shape index (κ2) is 10.3. The first-order valence-corrected chi connectivity index (χ1v) is 9.23. The van der Waals surface area contributed by atoms with Gasteiger partial charge in [-0.3, -0.25) is 15.1 Å². The number of aliphatic hydroxyl groups is 1. The largest absolute Gasteiger partial charge is 0.449 e. The van der Waals surface area contributed by atoms with E-state index in [2.05, 4.69) is 15.6 Å². The molecule has 1 aliphatic heterocycles. The molecule has 2 atom stereocenters. The van der Waals surface area contributed by atoms with E-state index in [1.165, 1.54) is 0 Å². The molecule has 0 aromatic carbocycles. The number of ether oxygens (including phenoxy) is 2. The Labute approximate surface area is 151 Å². The topological polar surface area (TPSA) is 100 Å². The Balaban J connectivity index is 1.70. The number of nitrogens with one attached hydrogen (secondary N) is 2. The zero-order valence-electron chi connectivity index (χ0n) is 14.3. The number of β-amino-alcohol motifs (C(OH)–C–C–N with tert-alkyl or cyclic N) is 1. The van der Waals surface area contributed by atoms with E-state index in [4.69, 9.17) is 4.74 Å². The minimum atomic E-state index is -0.692. The lowest BCUT2D eigenvalue weighted by molar-refractivity contribution is -0.127. The van der Waals surface area contributed by atoms with Crippen LogP contribution in [0.1, 0.15) is 24.6 Å². The van der Waals surface area contributed by atoms with Gasteiger partial charge in [-0.25, -0.2) is 10.2 Å². The second-order valence-electron chi connectivity index (χ2n) is 5.74. The van der Waals surface area contributed by atoms with Gasteiger partial charge in [-0.1, -0.05) is 6.07 Å². The minimum absolute atomic E-state index is 0.212. The lowest BCUT2D eigenvalue weighted by atomic mass is 10.2. The molecule has 25 heavy (non-hydrogen) atoms. The zero-order chi connectivity index (χ0) is 18.1. The molecule has 140 valence electrons. The van der Waals surface area contributed by atoms with Crippen molar-refractivity contribution in [1.82, 2.24) is 15.8 Å². The Morgan fingerprint density at radius 3 is 3.04 bits per heavy atom. The number of hydrazine groups is 1. The van der Waals surface area contributed by atoms with E-state index < -0.39 is 12.2 Å². The predicted octanol–water partition coefficient (Wildman–Crippen LogP) is 0.867. The lowest BCUT2D eigenvalue weighted by Gasteiger charge is -2.25. The van der Waals surface area contributed by atoms with E-state index in [0.717, 1.165) is 17.8 Å². The summed E-state index contributed by atoms with van der Waals surface area (Å²) in [4.78, 5) is 26.4. The summed E-state index contributed by atoms with van der Waals surface area (Å²) in [6.45, 7) is 3.67. The first-order valence-electron chi connectivity index (χ1n) is 8.35. The molecular formula is C16H25N3O5S. The molecule has 1 aromatic rings. The van der Waals surface area contributed by atoms with Crippen molar-refractivity contribution in [2.75, 3.05) is 26.3 Å². The van der Waals surface area contributed by atoms with Crippen LogP contribution < -0.4 is 10.9 Å². The van der Waals surface area contributed by atoms with Crippen LogP contribution in [0, 0.1) is 0 Å². The van der Waals surface area contributed by atoms with Crippen LogP contribution >= 0.6 is 11.3 Å². The van der Waals surface area contributed by atoms with Gasteiger partial charge in [-0.05, 0) is 37.8 Å². The summed E-state index contributed by atoms with van der Waals surface area (Å²) < 4.78 is 10.2. The van der Waals surface area contributed by atoms with Crippen LogP contribution in [0.25, 0.3) is 0 Å². The Bertz CT molecular complexity index is 540. The molecule has 2 unspecified atom stereocenters. The van der Waals surface area contributed by atoms with Crippen LogP contribution in [0.15, 0.2) is 17.5 Å². The van der Waals surface area contributed by atoms with Crippen molar-refractivity contribution in [3.05, 3.63) is 22.4 Å². The van der Waals surface area contributed by atoms with E-state index in [1.54, 1.807) is 18.3 Å². The number of likely N-dealkylation sites (tertiary alicyclic amines) is 1. The summed E-state index contributed by atoms with van der Waals surface area (Å²) in [5, 5.41) is 12.1. The second-order valence-corrected chi connectivity index (χ2v) is 6.77. The quantitative estimate of drug-likeness (QED) is 0.586. The summed E-state index contributed by atoms with van der Waals surface area (Å²) in [5.41, 5.74) is 4.57. The highest BCUT2D eigenvalue weighted by Crippen LogP contribution is 2.18. The molecule has 2 amide bonds. The summed E-state index contributed by atoms with van der Waals surface area (Å²) in [6, 6.07) is 3.56. The van der Waals surface area contributed by atoms with Gasteiger partial charge in [0.05, 0.1) is 32.0 Å². The Morgan fingerprint density at radius 2 is 2.32 bits per heavy atom. The van der Waals surface area contributed by atoms with Crippen LogP contribution in [0.2, 0.25) is 0 Å². The summed E-state index contributed by atoms with van der Waals surface area (Å²) >= 11 is 1.61. The van der Waals surface area contributed by atoms with E-state index in [0.29, 0.717) is 19.6 Å². The fourth-order valence-electron chi connectivity index (χ4n) is 2.72. The van der Waals surface area contributed by atoms with Crippen molar-refractivity contribution in [3.8, 4) is 0 Å². The molecule has 0 radical (unpaired) electrons. The molecule has 0 aliphatic carbocycles. The number of carbonyl (C=O) groups excluding carboxylic acids is 2. The molecule has 1 saturated heterocycles. The van der Waals surface area contributed by atoms with Gasteiger partial charge in [-0.15, -0.1) is 11.3 Å². The number of hydrogen-bond acceptors (Lipinski definition) is 7. The normalized spacial score (nSPS) is 18.7. The smallest absolute Gasteiger partial charge is 0.426 e. The van der Waals surface area contributed by atoms with Crippen molar-refractivity contribution < 1.29 is 24.2 Å². The van der Waals surface area contributed by atoms with Crippen molar-refractivity contribution in [1.29, 1.82) is 0 Å². The maximum absolute atomic E-state index is 12.2. The molecule has 9 heteroatoms. The maximum atomic E-state index is 12.2. The lowest BCUT2D eigenvalue weighted by Crippen LogP contribution is -2.51. The van der Waals surface area contributed by atoms with Gasteiger partial charge < -0.3 is 14.6 Å². The first-order chi connectivity index (χ1) is 12.1. The van der Waals surface area contributed by atoms with Gasteiger partial charge in [0.1, 0.15) is 0 Å². The molecule has 3 N–H and O–H groups in total. The number of rotatable bonds is 8. The summed E-state index contributed by atoms with van der Waals surface area (Å²) in [7, 11) is 0. The number of carbonyl (C=O) groups is 2. The Kier molecular flexibility index (Phi) is 8.13. The predicted molar refractivity (Wildman–Crippen MR) is 92.9 cm³/mol. The van der Waals surface area contributed by atoms with Crippen molar-refractivity contribution in [3.63, 3.8) is 0 Å². The third-order valence-electron chi connectivity index (χ3n) is 3.81. The molecule has 1 fully saturated rings. The van der Waals surface area contributed by atoms with Gasteiger partial charge in [0.25, 0.3) is 5.91 Å². The zero-order valence-corrected chi connectivity index (χ0v) is 15.1. The molecule has 1 aromatic heterocycles. The average molecular weight is 371 g/mol. The molecule has 2 heterocycles. The maximum Gasteiger partial charge on any atom is 0.426 e. The highest BCUT2D eigenvalue weighted by atomic mass is 32.1. The van der Waals surface area contributed by atoms with Crippen LogP contribution in [-0.4, -0.2) is 60.5 Å². The van der Waals surface area contributed by atoms with Crippen LogP contribution in [0.4, 0.5) is 4.79 Å². The molecule has 8 nitrogen and oxygen atoms in total. The van der Waals surface area contributed by atoms with Gasteiger partial charge in [-0.2, -0.15) is 0 Å². The summed E-state index contributed by atoms with van der Waals surface area (Å²) in [5.74, 6) is -0.308. The molecule has 0 saturated carbocycles. The van der Waals surface area contributed by atoms with Crippen LogP contribution in [0.3, 0.4) is 0 Å². The van der Waals surface area contributed by atoms with E-state index in [1.807, 2.05) is 22.4 Å². The average Bonchev–Trinajstić information content (AvgIpc) is 3.25. The molecule has 1 aliphatic rings. The monoisotopic (exact) mass is 371 g/mol. The fourth-order valence-corrected chi connectivity index (χ4v) is 3.36. The molecule has 0 spiro atoms. The van der Waals surface area contributed by atoms with E-state index >= 15 is 0 Å². The van der Waals surface area contributed by atoms with Gasteiger partial charge in [0.15, 0.2) is 0 Å². The standard InChI is InChI=1S/C16H25N3O5S/c1-2-24-16(22)18-17-15(21)14-6-3-7-19(14)9-12(20)10-23-11-13-5-4-8-25-13/h4-5,8,12,14,20H,2-3,6-7,9-11H2,1H3,(H,17,21)(H,18,22). The summed E-state index contributed by atoms with van der Waals surface area (Å²) in [6.07, 6.45) is 0.174. The highest BCUT2D eigenvalue weighted by molar-refractivity contribution is 7.09. The van der Waals surface area contributed by atoms with Gasteiger partial charge in [0.2, 0.25) is 0 Å². The number of aliphatic hydroxyl groups excluding tert-OH is 1. The van der Waals surface area contributed by atoms with Crippen molar-refractivity contribution >= 4 is 23.3 Å². The minimum Gasteiger partial charge on any atom is -0.449 e. The highest BCUT2D eigenvalue weighted by Gasteiger charge is 2.32. The van der Waals surface area contributed by atoms with Crippen LogP contribution in [0.5, 0.6) is 0 Å². The third-order valence-corrected chi connectivity index (χ3v) is 4.66. The molecule has 0 bridgehead atoms. The molecular weight excluding hydrogens is 346 g/mol. The fraction of sp³-hybridized carbons (Fsp3) is 0.625. The third kappa shape index (κ3) is 6.62. The SMILES string of the molecule is CCOC(=O)NNC(=O)C1CCCN1CC(O)COCc1cccs1. The number of thiophene rings is 1. The van der Waals surface area contributed by atoms with Gasteiger partial charge >= 0.3 is 6.09 Å². The van der Waals surface area contributed by atoms with Gasteiger partial charge in [0, 0.05) is 11.4 Å². The van der Waals surface area contributed by atoms with Crippen molar-refractivity contribution in [2.24, 2.45) is 0 Å². The van der Waals surface area contributed by atoms with E-state index in [9.17, 15) is 14.7 Å². The number of nitrogens with zero attached hydrogens (tertiary/aromatic N) is 1. The number of hydrogen-bond donors (Lipinski definition) is 3. The van der Waals surface area contributed by atoms with Crippen LogP contribution in [-0.2, 0) is 20.9 Å². The Hall–Kier alpha value is -1.68. The number of amides is 2. The first kappa shape index (κ1) is 19.6.